The third kappa shape index (κ3) is 2.76. The van der Waals surface area contributed by atoms with E-state index in [9.17, 15) is 4.39 Å². The van der Waals surface area contributed by atoms with Crippen LogP contribution >= 0.6 is 11.8 Å². The van der Waals surface area contributed by atoms with Gasteiger partial charge in [0.15, 0.2) is 0 Å². The fourth-order valence-electron chi connectivity index (χ4n) is 4.77. The molecule has 3 heterocycles. The highest BCUT2D eigenvalue weighted by atomic mass is 32.2. The van der Waals surface area contributed by atoms with Crippen molar-refractivity contribution in [3.05, 3.63) is 58.9 Å². The molecule has 4 heteroatoms. The third-order valence-electron chi connectivity index (χ3n) is 5.80. The highest BCUT2D eigenvalue weighted by molar-refractivity contribution is 7.99. The van der Waals surface area contributed by atoms with Crippen LogP contribution in [0.25, 0.3) is 0 Å². The summed E-state index contributed by atoms with van der Waals surface area (Å²) in [5.41, 5.74) is 5.40. The van der Waals surface area contributed by atoms with E-state index in [2.05, 4.69) is 22.3 Å². The lowest BCUT2D eigenvalue weighted by atomic mass is 9.89. The number of piperidine rings is 1. The fourth-order valence-corrected chi connectivity index (χ4v) is 5.87. The minimum Gasteiger partial charge on any atom is -0.367 e. The number of hydrogen-bond acceptors (Lipinski definition) is 3. The van der Waals surface area contributed by atoms with Crippen LogP contribution in [0.15, 0.2) is 41.3 Å². The molecule has 2 aromatic rings. The monoisotopic (exact) mass is 354 g/mol. The molecular weight excluding hydrogens is 331 g/mol. The van der Waals surface area contributed by atoms with Crippen LogP contribution in [0.4, 0.5) is 10.1 Å². The predicted octanol–water partition coefficient (Wildman–Crippen LogP) is 4.18. The Balaban J connectivity index is 1.57. The summed E-state index contributed by atoms with van der Waals surface area (Å²) in [5, 5.41) is 3.59. The van der Waals surface area contributed by atoms with Gasteiger partial charge in [0, 0.05) is 29.9 Å². The average molecular weight is 354 g/mol. The second kappa shape index (κ2) is 6.33. The van der Waals surface area contributed by atoms with Gasteiger partial charge in [-0.1, -0.05) is 18.2 Å². The molecular formula is C21H23FN2S. The van der Waals surface area contributed by atoms with Crippen LogP contribution in [-0.4, -0.2) is 31.4 Å². The quantitative estimate of drug-likeness (QED) is 0.871. The molecule has 0 saturated carbocycles. The van der Waals surface area contributed by atoms with Crippen molar-refractivity contribution < 1.29 is 4.39 Å². The normalized spacial score (nSPS) is 24.6. The van der Waals surface area contributed by atoms with E-state index in [0.29, 0.717) is 12.0 Å². The zero-order chi connectivity index (χ0) is 16.8. The van der Waals surface area contributed by atoms with E-state index in [-0.39, 0.29) is 5.82 Å². The van der Waals surface area contributed by atoms with Gasteiger partial charge in [-0.25, -0.2) is 4.39 Å². The first-order chi connectivity index (χ1) is 12.3. The van der Waals surface area contributed by atoms with Crippen molar-refractivity contribution >= 4 is 17.4 Å². The van der Waals surface area contributed by atoms with Gasteiger partial charge < -0.3 is 10.2 Å². The Kier molecular flexibility index (Phi) is 3.98. The van der Waals surface area contributed by atoms with Crippen LogP contribution in [0.2, 0.25) is 0 Å². The molecule has 0 aromatic heterocycles. The van der Waals surface area contributed by atoms with Crippen LogP contribution < -0.4 is 10.2 Å². The van der Waals surface area contributed by atoms with E-state index >= 15 is 0 Å². The summed E-state index contributed by atoms with van der Waals surface area (Å²) < 4.78 is 13.6. The van der Waals surface area contributed by atoms with Crippen molar-refractivity contribution in [1.82, 2.24) is 5.32 Å². The van der Waals surface area contributed by atoms with Crippen molar-refractivity contribution in [2.45, 2.75) is 36.1 Å². The number of thioether (sulfide) groups is 1. The molecule has 1 saturated heterocycles. The molecule has 1 fully saturated rings. The van der Waals surface area contributed by atoms with Gasteiger partial charge >= 0.3 is 0 Å². The van der Waals surface area contributed by atoms with Gasteiger partial charge in [0.05, 0.1) is 5.69 Å². The van der Waals surface area contributed by atoms with Crippen LogP contribution in [-0.2, 0) is 6.42 Å². The van der Waals surface area contributed by atoms with Crippen molar-refractivity contribution in [3.63, 3.8) is 0 Å². The zero-order valence-electron chi connectivity index (χ0n) is 14.3. The van der Waals surface area contributed by atoms with Gasteiger partial charge in [-0.05, 0) is 66.4 Å². The third-order valence-corrected chi connectivity index (χ3v) is 6.91. The summed E-state index contributed by atoms with van der Waals surface area (Å²) >= 11 is 2.00. The lowest BCUT2D eigenvalue weighted by Crippen LogP contribution is -2.44. The zero-order valence-corrected chi connectivity index (χ0v) is 15.1. The van der Waals surface area contributed by atoms with Gasteiger partial charge in [-0.3, -0.25) is 0 Å². The summed E-state index contributed by atoms with van der Waals surface area (Å²) in [7, 11) is 0. The number of hydrogen-bond donors (Lipinski definition) is 1. The summed E-state index contributed by atoms with van der Waals surface area (Å²) in [4.78, 5) is 4.14. The molecule has 3 aliphatic rings. The maximum absolute atomic E-state index is 13.6. The topological polar surface area (TPSA) is 15.3 Å². The number of nitrogens with one attached hydrogen (secondary N) is 1. The van der Waals surface area contributed by atoms with E-state index in [1.54, 1.807) is 6.07 Å². The Morgan fingerprint density at radius 2 is 2.16 bits per heavy atom. The van der Waals surface area contributed by atoms with E-state index in [0.717, 1.165) is 25.1 Å². The Labute approximate surface area is 152 Å². The van der Waals surface area contributed by atoms with Crippen LogP contribution in [0.5, 0.6) is 0 Å². The molecule has 0 amide bonds. The number of nitrogens with zero attached hydrogens (tertiary/aromatic N) is 1. The average Bonchev–Trinajstić information content (AvgIpc) is 2.78. The molecule has 2 atom stereocenters. The van der Waals surface area contributed by atoms with Gasteiger partial charge in [0.1, 0.15) is 5.82 Å². The number of halogens is 1. The molecule has 3 aliphatic heterocycles. The van der Waals surface area contributed by atoms with E-state index in [1.165, 1.54) is 52.9 Å². The number of fused-ring (bicyclic) bond motifs is 3. The molecule has 1 N–H and O–H groups in total. The fraction of sp³-hybridized carbons (Fsp3) is 0.429. The van der Waals surface area contributed by atoms with E-state index in [4.69, 9.17) is 0 Å². The second-order valence-electron chi connectivity index (χ2n) is 7.40. The van der Waals surface area contributed by atoms with Gasteiger partial charge in [0.25, 0.3) is 0 Å². The van der Waals surface area contributed by atoms with Crippen molar-refractivity contribution in [3.8, 4) is 0 Å². The Hall–Kier alpha value is -1.52. The lowest BCUT2D eigenvalue weighted by Gasteiger charge is -2.33. The molecule has 0 bridgehead atoms. The molecule has 2 aromatic carbocycles. The molecule has 0 aliphatic carbocycles. The van der Waals surface area contributed by atoms with E-state index in [1.807, 2.05) is 23.9 Å². The Morgan fingerprint density at radius 1 is 1.20 bits per heavy atom. The van der Waals surface area contributed by atoms with Gasteiger partial charge in [0.2, 0.25) is 0 Å². The number of benzene rings is 2. The molecule has 0 spiro atoms. The highest BCUT2D eigenvalue weighted by Gasteiger charge is 2.41. The van der Waals surface area contributed by atoms with Gasteiger partial charge in [-0.2, -0.15) is 0 Å². The first kappa shape index (κ1) is 15.7. The molecule has 5 rings (SSSR count). The summed E-state index contributed by atoms with van der Waals surface area (Å²) in [6.07, 6.45) is 3.31. The molecule has 0 radical (unpaired) electrons. The number of anilines is 1. The van der Waals surface area contributed by atoms with Crippen LogP contribution in [0, 0.1) is 5.82 Å². The van der Waals surface area contributed by atoms with Crippen LogP contribution in [0.3, 0.4) is 0 Å². The van der Waals surface area contributed by atoms with Gasteiger partial charge in [-0.15, -0.1) is 11.8 Å². The van der Waals surface area contributed by atoms with Crippen molar-refractivity contribution in [1.29, 1.82) is 0 Å². The highest BCUT2D eigenvalue weighted by Crippen LogP contribution is 2.50. The SMILES string of the molecule is Fc1cccc(Cc2cc3c4c(c2)[C@@H]2CNCC[C@@H]2N4CCCS3)c1. The summed E-state index contributed by atoms with van der Waals surface area (Å²) in [6, 6.07) is 12.4. The molecule has 25 heavy (non-hydrogen) atoms. The summed E-state index contributed by atoms with van der Waals surface area (Å²) in [5.74, 6) is 1.66. The Bertz CT molecular complexity index is 806. The first-order valence-corrected chi connectivity index (χ1v) is 10.3. The minimum absolute atomic E-state index is 0.145. The largest absolute Gasteiger partial charge is 0.367 e. The molecule has 2 nitrogen and oxygen atoms in total. The predicted molar refractivity (Wildman–Crippen MR) is 102 cm³/mol. The van der Waals surface area contributed by atoms with Crippen molar-refractivity contribution in [2.75, 3.05) is 30.3 Å². The Morgan fingerprint density at radius 3 is 3.08 bits per heavy atom. The first-order valence-electron chi connectivity index (χ1n) is 9.31. The molecule has 0 unspecified atom stereocenters. The number of rotatable bonds is 2. The second-order valence-corrected chi connectivity index (χ2v) is 8.54. The maximum Gasteiger partial charge on any atom is 0.123 e. The smallest absolute Gasteiger partial charge is 0.123 e. The molecule has 130 valence electrons. The van der Waals surface area contributed by atoms with E-state index < -0.39 is 0 Å². The summed E-state index contributed by atoms with van der Waals surface area (Å²) in [6.45, 7) is 3.41. The van der Waals surface area contributed by atoms with Crippen LogP contribution in [0.1, 0.15) is 35.4 Å². The lowest BCUT2D eigenvalue weighted by molar-refractivity contribution is 0.403. The maximum atomic E-state index is 13.6. The standard InChI is InChI=1S/C21H23FN2S/c22-16-4-1-3-14(10-16)9-15-11-17-18-13-23-6-5-19(18)24-7-2-8-25-20(12-15)21(17)24/h1,3-4,10-12,18-19,23H,2,5-9,13H2/t18-,19-/m0/s1. The van der Waals surface area contributed by atoms with Crippen molar-refractivity contribution in [2.24, 2.45) is 0 Å². The minimum atomic E-state index is -0.145.